The lowest BCUT2D eigenvalue weighted by molar-refractivity contribution is -0.119. The van der Waals surface area contributed by atoms with Crippen LogP contribution in [-0.4, -0.2) is 23.6 Å². The summed E-state index contributed by atoms with van der Waals surface area (Å²) in [6.07, 6.45) is 0.558. The number of carbonyl (C=O) groups excluding carboxylic acids is 2. The van der Waals surface area contributed by atoms with Crippen LogP contribution in [0.3, 0.4) is 0 Å². The van der Waals surface area contributed by atoms with Crippen LogP contribution < -0.4 is 5.32 Å². The smallest absolute Gasteiger partial charge is 0.354 e. The minimum Gasteiger partial charge on any atom is -0.464 e. The number of methoxy groups -OCH3 is 1. The standard InChI is InChI=1S/C20H22N2O3S/c1-5-16(18(23)21-15-10-12(2)6-7-13(15)3)22-17(20(24)25-4)11-14-8-9-26-19(14)22/h6-11,16H,5H2,1-4H3,(H,21,23). The Balaban J connectivity index is 2.02. The van der Waals surface area contributed by atoms with E-state index in [1.165, 1.54) is 18.4 Å². The van der Waals surface area contributed by atoms with Gasteiger partial charge in [0.05, 0.1) is 7.11 Å². The second kappa shape index (κ2) is 7.33. The number of fused-ring (bicyclic) bond motifs is 1. The number of hydrogen-bond acceptors (Lipinski definition) is 4. The molecule has 0 spiro atoms. The van der Waals surface area contributed by atoms with Crippen molar-refractivity contribution < 1.29 is 14.3 Å². The first-order chi connectivity index (χ1) is 12.5. The lowest BCUT2D eigenvalue weighted by Gasteiger charge is -2.20. The Labute approximate surface area is 156 Å². The second-order valence-electron chi connectivity index (χ2n) is 6.30. The highest BCUT2D eigenvalue weighted by molar-refractivity contribution is 7.16. The summed E-state index contributed by atoms with van der Waals surface area (Å²) in [5, 5.41) is 5.92. The maximum atomic E-state index is 13.1. The van der Waals surface area contributed by atoms with Crippen LogP contribution in [0.1, 0.15) is 41.0 Å². The van der Waals surface area contributed by atoms with Crippen LogP contribution >= 0.6 is 11.3 Å². The van der Waals surface area contributed by atoms with Crippen LogP contribution in [-0.2, 0) is 9.53 Å². The summed E-state index contributed by atoms with van der Waals surface area (Å²) in [6, 6.07) is 9.18. The Morgan fingerprint density at radius 2 is 2.00 bits per heavy atom. The fourth-order valence-electron chi connectivity index (χ4n) is 3.09. The minimum absolute atomic E-state index is 0.141. The van der Waals surface area contributed by atoms with Crippen LogP contribution in [0.25, 0.3) is 10.2 Å². The molecule has 0 saturated heterocycles. The highest BCUT2D eigenvalue weighted by Crippen LogP contribution is 2.31. The Morgan fingerprint density at radius 1 is 1.23 bits per heavy atom. The molecule has 26 heavy (non-hydrogen) atoms. The lowest BCUT2D eigenvalue weighted by Crippen LogP contribution is -2.28. The number of nitrogens with one attached hydrogen (secondary N) is 1. The molecule has 3 aromatic rings. The fourth-order valence-corrected chi connectivity index (χ4v) is 4.03. The van der Waals surface area contributed by atoms with Crippen LogP contribution in [0.15, 0.2) is 35.7 Å². The molecule has 3 rings (SSSR count). The number of nitrogens with zero attached hydrogens (tertiary/aromatic N) is 1. The van der Waals surface area contributed by atoms with Gasteiger partial charge in [-0.2, -0.15) is 0 Å². The number of carbonyl (C=O) groups is 2. The molecule has 2 heterocycles. The van der Waals surface area contributed by atoms with Gasteiger partial charge in [-0.05, 0) is 55.0 Å². The molecule has 1 atom stereocenters. The van der Waals surface area contributed by atoms with Crippen molar-refractivity contribution in [2.75, 3.05) is 12.4 Å². The number of rotatable bonds is 5. The average molecular weight is 370 g/mol. The molecule has 0 aliphatic carbocycles. The maximum absolute atomic E-state index is 13.1. The van der Waals surface area contributed by atoms with Gasteiger partial charge in [0.25, 0.3) is 0 Å². The highest BCUT2D eigenvalue weighted by atomic mass is 32.1. The average Bonchev–Trinajstić information content (AvgIpc) is 3.20. The van der Waals surface area contributed by atoms with Gasteiger partial charge in [-0.15, -0.1) is 11.3 Å². The zero-order chi connectivity index (χ0) is 18.8. The van der Waals surface area contributed by atoms with E-state index in [1.54, 1.807) is 10.6 Å². The molecule has 1 amide bonds. The molecule has 5 nitrogen and oxygen atoms in total. The minimum atomic E-state index is -0.500. The first-order valence-corrected chi connectivity index (χ1v) is 9.39. The van der Waals surface area contributed by atoms with Gasteiger partial charge in [-0.25, -0.2) is 4.79 Å². The third-order valence-corrected chi connectivity index (χ3v) is 5.42. The summed E-state index contributed by atoms with van der Waals surface area (Å²) in [5.74, 6) is -0.580. The topological polar surface area (TPSA) is 60.3 Å². The first-order valence-electron chi connectivity index (χ1n) is 8.51. The Bertz CT molecular complexity index is 971. The summed E-state index contributed by atoms with van der Waals surface area (Å²) in [5.41, 5.74) is 3.27. The van der Waals surface area contributed by atoms with Gasteiger partial charge < -0.3 is 14.6 Å². The van der Waals surface area contributed by atoms with Crippen molar-refractivity contribution >= 4 is 39.1 Å². The van der Waals surface area contributed by atoms with E-state index in [1.807, 2.05) is 50.4 Å². The molecule has 1 aromatic carbocycles. The first kappa shape index (κ1) is 18.2. The number of amides is 1. The largest absolute Gasteiger partial charge is 0.464 e. The normalized spacial score (nSPS) is 12.2. The number of esters is 1. The summed E-state index contributed by atoms with van der Waals surface area (Å²) in [4.78, 5) is 26.2. The molecule has 0 radical (unpaired) electrons. The number of anilines is 1. The van der Waals surface area contributed by atoms with Crippen LogP contribution in [0.2, 0.25) is 0 Å². The summed E-state index contributed by atoms with van der Waals surface area (Å²) >= 11 is 1.51. The zero-order valence-electron chi connectivity index (χ0n) is 15.3. The van der Waals surface area contributed by atoms with E-state index >= 15 is 0 Å². The number of thiophene rings is 1. The van der Waals surface area contributed by atoms with Gasteiger partial charge in [0.15, 0.2) is 0 Å². The van der Waals surface area contributed by atoms with Gasteiger partial charge >= 0.3 is 5.97 Å². The van der Waals surface area contributed by atoms with Gasteiger partial charge in [-0.1, -0.05) is 19.1 Å². The molecule has 0 saturated carbocycles. The van der Waals surface area contributed by atoms with Crippen LogP contribution in [0.4, 0.5) is 5.69 Å². The van der Waals surface area contributed by atoms with E-state index in [0.29, 0.717) is 12.1 Å². The zero-order valence-corrected chi connectivity index (χ0v) is 16.1. The molecule has 0 aliphatic rings. The third-order valence-electron chi connectivity index (χ3n) is 4.49. The van der Waals surface area contributed by atoms with Gasteiger partial charge in [0.2, 0.25) is 5.91 Å². The van der Waals surface area contributed by atoms with E-state index in [4.69, 9.17) is 4.74 Å². The molecule has 1 unspecified atom stereocenters. The molecule has 0 fully saturated rings. The Morgan fingerprint density at radius 3 is 2.69 bits per heavy atom. The number of aryl methyl sites for hydroxylation is 2. The van der Waals surface area contributed by atoms with Crippen molar-refractivity contribution in [1.29, 1.82) is 0 Å². The molecular weight excluding hydrogens is 348 g/mol. The van der Waals surface area contributed by atoms with Crippen molar-refractivity contribution in [2.24, 2.45) is 0 Å². The quantitative estimate of drug-likeness (QED) is 0.663. The van der Waals surface area contributed by atoms with Gasteiger partial charge in [0, 0.05) is 11.1 Å². The lowest BCUT2D eigenvalue weighted by atomic mass is 10.1. The second-order valence-corrected chi connectivity index (χ2v) is 7.20. The number of benzene rings is 1. The molecule has 1 N–H and O–H groups in total. The van der Waals surface area contributed by atoms with Gasteiger partial charge in [-0.3, -0.25) is 4.79 Å². The van der Waals surface area contributed by atoms with Crippen molar-refractivity contribution in [2.45, 2.75) is 33.2 Å². The molecule has 0 aliphatic heterocycles. The predicted molar refractivity (Wildman–Crippen MR) is 105 cm³/mol. The van der Waals surface area contributed by atoms with E-state index < -0.39 is 12.0 Å². The van der Waals surface area contributed by atoms with Crippen LogP contribution in [0, 0.1) is 13.8 Å². The summed E-state index contributed by atoms with van der Waals surface area (Å²) < 4.78 is 6.71. The van der Waals surface area contributed by atoms with E-state index in [2.05, 4.69) is 5.32 Å². The SMILES string of the molecule is CCC(C(=O)Nc1cc(C)ccc1C)n1c(C(=O)OC)cc2ccsc21. The number of aromatic nitrogens is 1. The third kappa shape index (κ3) is 3.24. The molecule has 2 aromatic heterocycles. The van der Waals surface area contributed by atoms with Crippen molar-refractivity contribution in [3.63, 3.8) is 0 Å². The predicted octanol–water partition coefficient (Wildman–Crippen LogP) is 4.70. The monoisotopic (exact) mass is 370 g/mol. The van der Waals surface area contributed by atoms with E-state index in [0.717, 1.165) is 27.0 Å². The number of ether oxygens (including phenoxy) is 1. The molecule has 0 bridgehead atoms. The Hall–Kier alpha value is -2.60. The summed E-state index contributed by atoms with van der Waals surface area (Å²) in [6.45, 7) is 5.89. The molecule has 6 heteroatoms. The highest BCUT2D eigenvalue weighted by Gasteiger charge is 2.27. The van der Waals surface area contributed by atoms with E-state index in [-0.39, 0.29) is 5.91 Å². The van der Waals surface area contributed by atoms with Crippen molar-refractivity contribution in [3.8, 4) is 0 Å². The number of hydrogen-bond donors (Lipinski definition) is 1. The molecular formula is C20H22N2O3S. The summed E-state index contributed by atoms with van der Waals surface area (Å²) in [7, 11) is 1.35. The van der Waals surface area contributed by atoms with Crippen LogP contribution in [0.5, 0.6) is 0 Å². The van der Waals surface area contributed by atoms with E-state index in [9.17, 15) is 9.59 Å². The molecule has 136 valence electrons. The fraction of sp³-hybridized carbons (Fsp3) is 0.300. The van der Waals surface area contributed by atoms with Gasteiger partial charge in [0.1, 0.15) is 16.6 Å². The Kier molecular flexibility index (Phi) is 5.13. The maximum Gasteiger partial charge on any atom is 0.354 e. The van der Waals surface area contributed by atoms with Crippen molar-refractivity contribution in [3.05, 3.63) is 52.5 Å². The van der Waals surface area contributed by atoms with Crippen molar-refractivity contribution in [1.82, 2.24) is 4.57 Å².